The Morgan fingerprint density at radius 3 is 1.58 bits per heavy atom. The van der Waals surface area contributed by atoms with Crippen LogP contribution in [-0.4, -0.2) is 0 Å². The van der Waals surface area contributed by atoms with Crippen molar-refractivity contribution >= 4 is 5.69 Å². The molecule has 4 aromatic rings. The maximum atomic E-state index is 5.88. The van der Waals surface area contributed by atoms with Crippen LogP contribution in [0.1, 0.15) is 36.1 Å². The quantitative estimate of drug-likeness (QED) is 0.236. The summed E-state index contributed by atoms with van der Waals surface area (Å²) < 4.78 is 11.7. The minimum Gasteiger partial charge on any atom is -0.489 e. The second kappa shape index (κ2) is 11.6. The van der Waals surface area contributed by atoms with Crippen LogP contribution in [0, 0.1) is 0 Å². The van der Waals surface area contributed by atoms with E-state index < -0.39 is 0 Å². The number of rotatable bonds is 10. The highest BCUT2D eigenvalue weighted by molar-refractivity contribution is 5.41. The van der Waals surface area contributed by atoms with Gasteiger partial charge in [-0.1, -0.05) is 79.7 Å². The van der Waals surface area contributed by atoms with Gasteiger partial charge in [0.15, 0.2) is 0 Å². The standard InChI is InChI=1S/C29H28N2O2/c1-2-29(25-13-17-27(18-14-25)32-21-23-9-5-3-6-10-23)31-30-26-15-19-28(20-16-26)33-22-24-11-7-4-8-12-24/h3-20,29H,2,21-22H2,1H3. The summed E-state index contributed by atoms with van der Waals surface area (Å²) in [5.41, 5.74) is 4.22. The van der Waals surface area contributed by atoms with Crippen LogP contribution in [-0.2, 0) is 13.2 Å². The molecule has 0 bridgehead atoms. The van der Waals surface area contributed by atoms with Crippen LogP contribution in [0.3, 0.4) is 0 Å². The fourth-order valence-corrected chi connectivity index (χ4v) is 3.40. The fraction of sp³-hybridized carbons (Fsp3) is 0.172. The summed E-state index contributed by atoms with van der Waals surface area (Å²) in [7, 11) is 0. The van der Waals surface area contributed by atoms with E-state index in [1.165, 1.54) is 0 Å². The largest absolute Gasteiger partial charge is 0.489 e. The molecule has 0 aliphatic heterocycles. The third-order valence-corrected chi connectivity index (χ3v) is 5.30. The Kier molecular flexibility index (Phi) is 7.85. The Balaban J connectivity index is 1.31. The van der Waals surface area contributed by atoms with Crippen LogP contribution in [0.25, 0.3) is 0 Å². The van der Waals surface area contributed by atoms with Gasteiger partial charge in [0.2, 0.25) is 0 Å². The van der Waals surface area contributed by atoms with E-state index in [1.807, 2.05) is 72.8 Å². The van der Waals surface area contributed by atoms with Gasteiger partial charge in [-0.25, -0.2) is 0 Å². The van der Waals surface area contributed by atoms with Crippen LogP contribution in [0.15, 0.2) is 119 Å². The van der Waals surface area contributed by atoms with Crippen molar-refractivity contribution in [1.29, 1.82) is 0 Å². The maximum Gasteiger partial charge on any atom is 0.119 e. The fourth-order valence-electron chi connectivity index (χ4n) is 3.40. The average molecular weight is 437 g/mol. The summed E-state index contributed by atoms with van der Waals surface area (Å²) in [6.07, 6.45) is 0.867. The van der Waals surface area contributed by atoms with Gasteiger partial charge in [0, 0.05) is 0 Å². The molecule has 0 aliphatic rings. The third-order valence-electron chi connectivity index (χ3n) is 5.30. The van der Waals surface area contributed by atoms with Crippen molar-refractivity contribution in [2.75, 3.05) is 0 Å². The molecular formula is C29H28N2O2. The molecule has 4 aromatic carbocycles. The van der Waals surface area contributed by atoms with Crippen molar-refractivity contribution in [2.24, 2.45) is 10.2 Å². The molecule has 0 heterocycles. The molecule has 0 N–H and O–H groups in total. The SMILES string of the molecule is CCC(N=Nc1ccc(OCc2ccccc2)cc1)c1ccc(OCc2ccccc2)cc1. The Labute approximate surface area is 195 Å². The molecule has 4 rings (SSSR count). The normalized spacial score (nSPS) is 11.9. The lowest BCUT2D eigenvalue weighted by molar-refractivity contribution is 0.306. The minimum atomic E-state index is 0.00202. The zero-order chi connectivity index (χ0) is 22.7. The van der Waals surface area contributed by atoms with Gasteiger partial charge in [0.1, 0.15) is 24.7 Å². The molecule has 33 heavy (non-hydrogen) atoms. The lowest BCUT2D eigenvalue weighted by atomic mass is 10.1. The van der Waals surface area contributed by atoms with Gasteiger partial charge < -0.3 is 9.47 Å². The van der Waals surface area contributed by atoms with Crippen molar-refractivity contribution in [2.45, 2.75) is 32.6 Å². The van der Waals surface area contributed by atoms with E-state index in [2.05, 4.69) is 53.6 Å². The molecule has 4 nitrogen and oxygen atoms in total. The van der Waals surface area contributed by atoms with E-state index in [-0.39, 0.29) is 6.04 Å². The Morgan fingerprint density at radius 1 is 0.606 bits per heavy atom. The second-order valence-electron chi connectivity index (χ2n) is 7.75. The van der Waals surface area contributed by atoms with Gasteiger partial charge in [-0.05, 0) is 59.5 Å². The van der Waals surface area contributed by atoms with Gasteiger partial charge in [-0.2, -0.15) is 10.2 Å². The van der Waals surface area contributed by atoms with E-state index in [0.717, 1.165) is 40.3 Å². The number of nitrogens with zero attached hydrogens (tertiary/aromatic N) is 2. The van der Waals surface area contributed by atoms with E-state index in [0.29, 0.717) is 13.2 Å². The second-order valence-corrected chi connectivity index (χ2v) is 7.75. The number of ether oxygens (including phenoxy) is 2. The molecule has 1 atom stereocenters. The highest BCUT2D eigenvalue weighted by Crippen LogP contribution is 2.27. The zero-order valence-corrected chi connectivity index (χ0v) is 18.8. The molecular weight excluding hydrogens is 408 g/mol. The topological polar surface area (TPSA) is 43.2 Å². The molecule has 0 aromatic heterocycles. The molecule has 4 heteroatoms. The van der Waals surface area contributed by atoms with Gasteiger partial charge in [-0.3, -0.25) is 0 Å². The van der Waals surface area contributed by atoms with E-state index >= 15 is 0 Å². The summed E-state index contributed by atoms with van der Waals surface area (Å²) in [4.78, 5) is 0. The van der Waals surface area contributed by atoms with Crippen molar-refractivity contribution < 1.29 is 9.47 Å². The molecule has 0 fully saturated rings. The molecule has 0 saturated heterocycles. The summed E-state index contributed by atoms with van der Waals surface area (Å²) in [6, 6.07) is 36.1. The summed E-state index contributed by atoms with van der Waals surface area (Å²) in [6.45, 7) is 3.22. The third kappa shape index (κ3) is 6.78. The summed E-state index contributed by atoms with van der Waals surface area (Å²) >= 11 is 0. The van der Waals surface area contributed by atoms with Crippen molar-refractivity contribution in [3.05, 3.63) is 126 Å². The average Bonchev–Trinajstić information content (AvgIpc) is 2.89. The first-order valence-electron chi connectivity index (χ1n) is 11.2. The van der Waals surface area contributed by atoms with Crippen LogP contribution >= 0.6 is 0 Å². The van der Waals surface area contributed by atoms with Gasteiger partial charge in [0.05, 0.1) is 11.7 Å². The molecule has 0 radical (unpaired) electrons. The Bertz CT molecular complexity index is 1130. The van der Waals surface area contributed by atoms with E-state index in [1.54, 1.807) is 0 Å². The van der Waals surface area contributed by atoms with Crippen LogP contribution in [0.5, 0.6) is 11.5 Å². The molecule has 0 aliphatic carbocycles. The lowest BCUT2D eigenvalue weighted by Gasteiger charge is -2.11. The molecule has 0 saturated carbocycles. The van der Waals surface area contributed by atoms with Crippen molar-refractivity contribution in [1.82, 2.24) is 0 Å². The van der Waals surface area contributed by atoms with Gasteiger partial charge in [-0.15, -0.1) is 0 Å². The number of hydrogen-bond donors (Lipinski definition) is 0. The summed E-state index contributed by atoms with van der Waals surface area (Å²) in [5, 5.41) is 9.02. The number of azo groups is 1. The highest BCUT2D eigenvalue weighted by atomic mass is 16.5. The van der Waals surface area contributed by atoms with Crippen LogP contribution < -0.4 is 9.47 Å². The maximum absolute atomic E-state index is 5.88. The molecule has 166 valence electrons. The predicted octanol–water partition coefficient (Wildman–Crippen LogP) is 8.08. The predicted molar refractivity (Wildman–Crippen MR) is 132 cm³/mol. The van der Waals surface area contributed by atoms with Crippen molar-refractivity contribution in [3.8, 4) is 11.5 Å². The smallest absolute Gasteiger partial charge is 0.119 e. The first-order chi connectivity index (χ1) is 16.3. The van der Waals surface area contributed by atoms with Crippen molar-refractivity contribution in [3.63, 3.8) is 0 Å². The summed E-state index contributed by atoms with van der Waals surface area (Å²) in [5.74, 6) is 1.66. The zero-order valence-electron chi connectivity index (χ0n) is 18.8. The number of benzene rings is 4. The Hall–Kier alpha value is -3.92. The van der Waals surface area contributed by atoms with Gasteiger partial charge >= 0.3 is 0 Å². The minimum absolute atomic E-state index is 0.00202. The Morgan fingerprint density at radius 2 is 1.09 bits per heavy atom. The monoisotopic (exact) mass is 436 g/mol. The van der Waals surface area contributed by atoms with Crippen LogP contribution in [0.4, 0.5) is 5.69 Å². The highest BCUT2D eigenvalue weighted by Gasteiger charge is 2.08. The molecule has 1 unspecified atom stereocenters. The van der Waals surface area contributed by atoms with E-state index in [9.17, 15) is 0 Å². The number of hydrogen-bond acceptors (Lipinski definition) is 4. The first kappa shape index (κ1) is 22.3. The molecule has 0 spiro atoms. The van der Waals surface area contributed by atoms with Crippen LogP contribution in [0.2, 0.25) is 0 Å². The van der Waals surface area contributed by atoms with E-state index in [4.69, 9.17) is 9.47 Å². The lowest BCUT2D eigenvalue weighted by Crippen LogP contribution is -1.96. The first-order valence-corrected chi connectivity index (χ1v) is 11.2. The van der Waals surface area contributed by atoms with Gasteiger partial charge in [0.25, 0.3) is 0 Å². The molecule has 0 amide bonds.